The third-order valence-corrected chi connectivity index (χ3v) is 3.74. The van der Waals surface area contributed by atoms with E-state index in [9.17, 15) is 9.59 Å². The van der Waals surface area contributed by atoms with E-state index < -0.39 is 0 Å². The molecule has 0 aliphatic heterocycles. The Morgan fingerprint density at radius 1 is 0.960 bits per heavy atom. The molecule has 1 heterocycles. The number of aromatic nitrogens is 1. The molecule has 0 radical (unpaired) electrons. The number of carbonyl (C=O) groups is 2. The van der Waals surface area contributed by atoms with Crippen LogP contribution in [-0.2, 0) is 9.59 Å². The predicted octanol–water partition coefficient (Wildman–Crippen LogP) is 3.50. The molecule has 1 aromatic heterocycles. The topological polar surface area (TPSA) is 97.1 Å². The highest BCUT2D eigenvalue weighted by atomic mass is 16.2. The number of hydrogen-bond donors (Lipinski definition) is 3. The number of nitrogen functional groups attached to an aromatic ring is 1. The summed E-state index contributed by atoms with van der Waals surface area (Å²) in [4.78, 5) is 27.7. The van der Waals surface area contributed by atoms with Crippen molar-refractivity contribution in [3.63, 3.8) is 0 Å². The van der Waals surface area contributed by atoms with Crippen molar-refractivity contribution in [1.82, 2.24) is 4.98 Å². The summed E-state index contributed by atoms with van der Waals surface area (Å²) in [5.74, 6) is 0.272. The van der Waals surface area contributed by atoms with Crippen LogP contribution in [0, 0.1) is 6.92 Å². The van der Waals surface area contributed by atoms with Crippen molar-refractivity contribution in [3.8, 4) is 0 Å². The number of carbonyl (C=O) groups excluding carboxylic acids is 2. The van der Waals surface area contributed by atoms with E-state index in [4.69, 9.17) is 5.73 Å². The first-order valence-electron chi connectivity index (χ1n) is 8.41. The Balaban J connectivity index is 1.59. The molecule has 0 aliphatic carbocycles. The second kappa shape index (κ2) is 9.42. The van der Waals surface area contributed by atoms with Gasteiger partial charge in [0.2, 0.25) is 11.8 Å². The summed E-state index contributed by atoms with van der Waals surface area (Å²) < 4.78 is 0. The number of amides is 2. The fourth-order valence-electron chi connectivity index (χ4n) is 2.33. The van der Waals surface area contributed by atoms with Crippen LogP contribution in [0.5, 0.6) is 0 Å². The maximum atomic E-state index is 11.9. The van der Waals surface area contributed by atoms with Crippen LogP contribution in [0.25, 0.3) is 0 Å². The average Bonchev–Trinajstić information content (AvgIpc) is 2.59. The Labute approximate surface area is 147 Å². The van der Waals surface area contributed by atoms with Crippen LogP contribution in [0.15, 0.2) is 42.6 Å². The monoisotopic (exact) mass is 340 g/mol. The molecule has 0 fully saturated rings. The summed E-state index contributed by atoms with van der Waals surface area (Å²) in [7, 11) is 0. The Morgan fingerprint density at radius 3 is 2.24 bits per heavy atom. The van der Waals surface area contributed by atoms with Crippen LogP contribution in [0.2, 0.25) is 0 Å². The zero-order chi connectivity index (χ0) is 18.1. The van der Waals surface area contributed by atoms with Gasteiger partial charge in [-0.25, -0.2) is 4.98 Å². The second-order valence-corrected chi connectivity index (χ2v) is 5.96. The van der Waals surface area contributed by atoms with Crippen molar-refractivity contribution in [2.24, 2.45) is 0 Å². The van der Waals surface area contributed by atoms with E-state index in [2.05, 4.69) is 15.6 Å². The van der Waals surface area contributed by atoms with E-state index in [0.29, 0.717) is 24.3 Å². The van der Waals surface area contributed by atoms with E-state index in [1.54, 1.807) is 18.3 Å². The summed E-state index contributed by atoms with van der Waals surface area (Å²) in [5, 5.41) is 5.56. The predicted molar refractivity (Wildman–Crippen MR) is 100 cm³/mol. The third-order valence-electron chi connectivity index (χ3n) is 3.74. The minimum Gasteiger partial charge on any atom is -0.396 e. The van der Waals surface area contributed by atoms with Gasteiger partial charge in [0.25, 0.3) is 0 Å². The van der Waals surface area contributed by atoms with Crippen LogP contribution in [0.1, 0.15) is 37.7 Å². The van der Waals surface area contributed by atoms with Gasteiger partial charge in [-0.3, -0.25) is 9.59 Å². The lowest BCUT2D eigenvalue weighted by atomic mass is 10.1. The summed E-state index contributed by atoms with van der Waals surface area (Å²) >= 11 is 0. The number of benzene rings is 1. The van der Waals surface area contributed by atoms with Crippen molar-refractivity contribution in [2.45, 2.75) is 39.0 Å². The first-order valence-corrected chi connectivity index (χ1v) is 8.41. The summed E-state index contributed by atoms with van der Waals surface area (Å²) in [6.07, 6.45) is 4.69. The highest BCUT2D eigenvalue weighted by Gasteiger charge is 2.06. The van der Waals surface area contributed by atoms with Crippen LogP contribution >= 0.6 is 0 Å². The number of aryl methyl sites for hydroxylation is 1. The lowest BCUT2D eigenvalue weighted by Crippen LogP contribution is -2.14. The number of pyridine rings is 1. The van der Waals surface area contributed by atoms with Crippen molar-refractivity contribution in [1.29, 1.82) is 0 Å². The zero-order valence-electron chi connectivity index (χ0n) is 14.4. The van der Waals surface area contributed by atoms with Crippen molar-refractivity contribution in [3.05, 3.63) is 48.2 Å². The van der Waals surface area contributed by atoms with E-state index in [1.807, 2.05) is 31.2 Å². The Kier molecular flexibility index (Phi) is 6.95. The summed E-state index contributed by atoms with van der Waals surface area (Å²) in [5.41, 5.74) is 8.14. The first-order chi connectivity index (χ1) is 12.0. The van der Waals surface area contributed by atoms with E-state index >= 15 is 0 Å². The van der Waals surface area contributed by atoms with Gasteiger partial charge >= 0.3 is 0 Å². The van der Waals surface area contributed by atoms with Crippen LogP contribution in [0.3, 0.4) is 0 Å². The number of hydrogen-bond acceptors (Lipinski definition) is 4. The van der Waals surface area contributed by atoms with Gasteiger partial charge in [0, 0.05) is 24.7 Å². The smallest absolute Gasteiger partial charge is 0.225 e. The van der Waals surface area contributed by atoms with E-state index in [0.717, 1.165) is 30.5 Å². The number of nitrogens with zero attached hydrogens (tertiary/aromatic N) is 1. The molecule has 4 N–H and O–H groups in total. The fourth-order valence-corrected chi connectivity index (χ4v) is 2.33. The average molecular weight is 340 g/mol. The maximum Gasteiger partial charge on any atom is 0.225 e. The SMILES string of the molecule is Cc1ccc(NC(=O)CCCCCC(=O)Nc2ncccc2N)cc1. The van der Waals surface area contributed by atoms with E-state index in [-0.39, 0.29) is 11.8 Å². The van der Waals surface area contributed by atoms with Gasteiger partial charge in [0.15, 0.2) is 5.82 Å². The number of unbranched alkanes of at least 4 members (excludes halogenated alkanes) is 2. The minimum atomic E-state index is -0.116. The van der Waals surface area contributed by atoms with Gasteiger partial charge in [-0.15, -0.1) is 0 Å². The molecule has 6 nitrogen and oxygen atoms in total. The number of anilines is 3. The molecule has 2 aromatic rings. The molecule has 1 aromatic carbocycles. The fraction of sp³-hybridized carbons (Fsp3) is 0.316. The quantitative estimate of drug-likeness (QED) is 0.641. The van der Waals surface area contributed by atoms with Gasteiger partial charge in [0.05, 0.1) is 5.69 Å². The molecule has 0 aliphatic rings. The second-order valence-electron chi connectivity index (χ2n) is 5.96. The molecule has 0 bridgehead atoms. The van der Waals surface area contributed by atoms with Gasteiger partial charge in [-0.05, 0) is 44.0 Å². The number of nitrogens with one attached hydrogen (secondary N) is 2. The summed E-state index contributed by atoms with van der Waals surface area (Å²) in [6, 6.07) is 11.1. The van der Waals surface area contributed by atoms with Gasteiger partial charge in [-0.1, -0.05) is 24.1 Å². The van der Waals surface area contributed by atoms with Gasteiger partial charge < -0.3 is 16.4 Å². The highest BCUT2D eigenvalue weighted by Crippen LogP contribution is 2.14. The molecule has 0 unspecified atom stereocenters. The molecule has 2 rings (SSSR count). The molecule has 0 atom stereocenters. The Morgan fingerprint density at radius 2 is 1.60 bits per heavy atom. The van der Waals surface area contributed by atoms with Crippen LogP contribution in [0.4, 0.5) is 17.2 Å². The lowest BCUT2D eigenvalue weighted by Gasteiger charge is -2.07. The molecular weight excluding hydrogens is 316 g/mol. The standard InChI is InChI=1S/C19H24N4O2/c1-14-9-11-15(12-10-14)22-17(24)7-3-2-4-8-18(25)23-19-16(20)6-5-13-21-19/h5-6,9-13H,2-4,7-8,20H2,1H3,(H,22,24)(H,21,23,25). The normalized spacial score (nSPS) is 10.3. The Bertz CT molecular complexity index is 714. The molecular formula is C19H24N4O2. The van der Waals surface area contributed by atoms with Crippen molar-refractivity contribution >= 4 is 29.0 Å². The van der Waals surface area contributed by atoms with Gasteiger partial charge in [-0.2, -0.15) is 0 Å². The molecule has 6 heteroatoms. The molecule has 0 spiro atoms. The maximum absolute atomic E-state index is 11.9. The molecule has 2 amide bonds. The largest absolute Gasteiger partial charge is 0.396 e. The highest BCUT2D eigenvalue weighted by molar-refractivity contribution is 5.92. The lowest BCUT2D eigenvalue weighted by molar-refractivity contribution is -0.116. The zero-order valence-corrected chi connectivity index (χ0v) is 14.4. The minimum absolute atomic E-state index is 0.00503. The molecule has 0 saturated heterocycles. The van der Waals surface area contributed by atoms with Crippen molar-refractivity contribution < 1.29 is 9.59 Å². The van der Waals surface area contributed by atoms with Gasteiger partial charge in [0.1, 0.15) is 0 Å². The molecule has 25 heavy (non-hydrogen) atoms. The van der Waals surface area contributed by atoms with E-state index in [1.165, 1.54) is 0 Å². The summed E-state index contributed by atoms with van der Waals surface area (Å²) in [6.45, 7) is 2.00. The van der Waals surface area contributed by atoms with Crippen LogP contribution in [-0.4, -0.2) is 16.8 Å². The Hall–Kier alpha value is -2.89. The number of rotatable bonds is 8. The number of nitrogens with two attached hydrogens (primary N) is 1. The molecule has 132 valence electrons. The molecule has 0 saturated carbocycles. The first kappa shape index (κ1) is 18.4. The van der Waals surface area contributed by atoms with Crippen molar-refractivity contribution in [2.75, 3.05) is 16.4 Å². The third kappa shape index (κ3) is 6.63. The van der Waals surface area contributed by atoms with Crippen LogP contribution < -0.4 is 16.4 Å².